The number of hydrogen-bond acceptors (Lipinski definition) is 5. The van der Waals surface area contributed by atoms with E-state index in [4.69, 9.17) is 5.73 Å². The van der Waals surface area contributed by atoms with Crippen LogP contribution in [-0.2, 0) is 4.79 Å². The van der Waals surface area contributed by atoms with Gasteiger partial charge in [0.2, 0.25) is 5.91 Å². The van der Waals surface area contributed by atoms with Gasteiger partial charge in [0.15, 0.2) is 5.65 Å². The van der Waals surface area contributed by atoms with Crippen LogP contribution in [0.3, 0.4) is 0 Å². The Morgan fingerprint density at radius 2 is 2.03 bits per heavy atom. The van der Waals surface area contributed by atoms with E-state index in [0.29, 0.717) is 18.4 Å². The zero-order valence-corrected chi connectivity index (χ0v) is 19.9. The second-order valence-corrected chi connectivity index (χ2v) is 10.4. The molecule has 5 heterocycles. The number of fused-ring (bicyclic) bond motifs is 2. The molecule has 0 saturated carbocycles. The average molecular weight is 451 g/mol. The molecule has 0 atom stereocenters. The number of aryl methyl sites for hydroxylation is 2. The van der Waals surface area contributed by atoms with Crippen LogP contribution in [0.25, 0.3) is 27.1 Å². The van der Waals surface area contributed by atoms with E-state index in [1.807, 2.05) is 22.8 Å². The fraction of sp³-hybridized carbons (Fsp3) is 0.458. The number of piperidine rings is 1. The molecule has 4 aromatic heterocycles. The Hall–Kier alpha value is -2.71. The molecule has 32 heavy (non-hydrogen) atoms. The Morgan fingerprint density at radius 3 is 2.72 bits per heavy atom. The fourth-order valence-electron chi connectivity index (χ4n) is 4.99. The van der Waals surface area contributed by atoms with Crippen molar-refractivity contribution in [3.8, 4) is 11.3 Å². The van der Waals surface area contributed by atoms with Crippen molar-refractivity contribution in [3.63, 3.8) is 0 Å². The molecule has 0 spiro atoms. The van der Waals surface area contributed by atoms with E-state index in [2.05, 4.69) is 59.1 Å². The molecule has 1 aliphatic heterocycles. The van der Waals surface area contributed by atoms with E-state index in [0.717, 1.165) is 48.5 Å². The van der Waals surface area contributed by atoms with Gasteiger partial charge in [-0.25, -0.2) is 9.50 Å². The third kappa shape index (κ3) is 3.71. The Labute approximate surface area is 191 Å². The van der Waals surface area contributed by atoms with Crippen molar-refractivity contribution in [2.24, 2.45) is 5.73 Å². The van der Waals surface area contributed by atoms with Gasteiger partial charge in [-0.3, -0.25) is 9.69 Å². The summed E-state index contributed by atoms with van der Waals surface area (Å²) in [4.78, 5) is 23.1. The average Bonchev–Trinajstić information content (AvgIpc) is 3.39. The van der Waals surface area contributed by atoms with Gasteiger partial charge in [0.1, 0.15) is 5.82 Å². The van der Waals surface area contributed by atoms with Crippen LogP contribution in [0.2, 0.25) is 0 Å². The van der Waals surface area contributed by atoms with Crippen LogP contribution >= 0.6 is 11.3 Å². The number of H-pyrrole nitrogens is 1. The van der Waals surface area contributed by atoms with E-state index in [1.54, 1.807) is 0 Å². The van der Waals surface area contributed by atoms with Crippen molar-refractivity contribution in [3.05, 3.63) is 40.2 Å². The van der Waals surface area contributed by atoms with Crippen LogP contribution in [0.15, 0.2) is 18.3 Å². The van der Waals surface area contributed by atoms with Crippen molar-refractivity contribution in [2.75, 3.05) is 19.6 Å². The quantitative estimate of drug-likeness (QED) is 0.473. The van der Waals surface area contributed by atoms with Gasteiger partial charge in [-0.2, -0.15) is 5.10 Å². The lowest BCUT2D eigenvalue weighted by molar-refractivity contribution is -0.119. The minimum absolute atomic E-state index is 0.239. The second-order valence-electron chi connectivity index (χ2n) is 9.32. The van der Waals surface area contributed by atoms with Crippen LogP contribution in [0.1, 0.15) is 60.4 Å². The molecular weight excluding hydrogens is 420 g/mol. The van der Waals surface area contributed by atoms with Gasteiger partial charge in [-0.15, -0.1) is 11.3 Å². The van der Waals surface area contributed by atoms with Crippen LogP contribution in [0.4, 0.5) is 0 Å². The number of pyridine rings is 1. The maximum Gasteiger partial charge on any atom is 0.231 e. The molecule has 3 N–H and O–H groups in total. The van der Waals surface area contributed by atoms with Gasteiger partial charge >= 0.3 is 0 Å². The highest BCUT2D eigenvalue weighted by Crippen LogP contribution is 2.43. The van der Waals surface area contributed by atoms with Crippen molar-refractivity contribution < 1.29 is 4.79 Å². The first kappa shape index (κ1) is 21.2. The summed E-state index contributed by atoms with van der Waals surface area (Å²) < 4.78 is 3.25. The highest BCUT2D eigenvalue weighted by atomic mass is 32.1. The Kier molecular flexibility index (Phi) is 5.29. The van der Waals surface area contributed by atoms with Gasteiger partial charge in [0.05, 0.1) is 22.5 Å². The molecule has 0 unspecified atom stereocenters. The minimum Gasteiger partial charge on any atom is -0.369 e. The fourth-order valence-corrected chi connectivity index (χ4v) is 6.47. The summed E-state index contributed by atoms with van der Waals surface area (Å²) in [7, 11) is 0. The molecule has 1 fully saturated rings. The molecule has 168 valence electrons. The van der Waals surface area contributed by atoms with Gasteiger partial charge in [-0.1, -0.05) is 13.8 Å². The van der Waals surface area contributed by atoms with Crippen molar-refractivity contribution in [1.82, 2.24) is 24.5 Å². The molecule has 0 radical (unpaired) electrons. The Morgan fingerprint density at radius 1 is 1.28 bits per heavy atom. The van der Waals surface area contributed by atoms with Crippen LogP contribution in [0.5, 0.6) is 0 Å². The molecule has 1 aliphatic rings. The lowest BCUT2D eigenvalue weighted by Gasteiger charge is -2.30. The van der Waals surface area contributed by atoms with Crippen molar-refractivity contribution >= 4 is 33.1 Å². The molecule has 8 heteroatoms. The molecule has 4 aromatic rings. The smallest absolute Gasteiger partial charge is 0.231 e. The lowest BCUT2D eigenvalue weighted by atomic mass is 9.95. The summed E-state index contributed by atoms with van der Waals surface area (Å²) in [6.45, 7) is 10.8. The van der Waals surface area contributed by atoms with Gasteiger partial charge < -0.3 is 10.7 Å². The van der Waals surface area contributed by atoms with E-state index in [1.165, 1.54) is 26.4 Å². The Bertz CT molecular complexity index is 1310. The van der Waals surface area contributed by atoms with Crippen molar-refractivity contribution in [2.45, 2.75) is 52.4 Å². The first-order chi connectivity index (χ1) is 15.3. The summed E-state index contributed by atoms with van der Waals surface area (Å²) >= 11 is 1.93. The standard InChI is InChI=1S/C24H30N6OS/c1-13(2)21-22(17-9-14(3)24-26-15(4)28-30(24)11-17)27-18-10-19(32-23(18)21)16-5-7-29(8-6-16)12-20(25)31/h9-11,13,16,27H,5-8,12H2,1-4H3,(H2,25,31). The third-order valence-electron chi connectivity index (χ3n) is 6.48. The van der Waals surface area contributed by atoms with E-state index in [9.17, 15) is 4.79 Å². The maximum absolute atomic E-state index is 11.2. The van der Waals surface area contributed by atoms with Crippen LogP contribution in [0, 0.1) is 13.8 Å². The molecule has 0 aromatic carbocycles. The van der Waals surface area contributed by atoms with E-state index < -0.39 is 0 Å². The zero-order chi connectivity index (χ0) is 22.6. The highest BCUT2D eigenvalue weighted by Gasteiger charge is 2.25. The number of nitrogens with two attached hydrogens (primary N) is 1. The number of nitrogens with one attached hydrogen (secondary N) is 1. The number of primary amides is 1. The zero-order valence-electron chi connectivity index (χ0n) is 19.1. The van der Waals surface area contributed by atoms with Gasteiger partial charge in [0, 0.05) is 16.6 Å². The summed E-state index contributed by atoms with van der Waals surface area (Å²) in [5.74, 6) is 1.49. The molecule has 5 rings (SSSR count). The number of amides is 1. The van der Waals surface area contributed by atoms with Gasteiger partial charge in [-0.05, 0) is 74.9 Å². The SMILES string of the molecule is Cc1nc2c(C)cc(-c3[nH]c4cc(C5CCN(CC(N)=O)CC5)sc4c3C(C)C)cn2n1. The minimum atomic E-state index is -0.239. The normalized spacial score (nSPS) is 16.0. The summed E-state index contributed by atoms with van der Waals surface area (Å²) in [6, 6.07) is 4.55. The summed E-state index contributed by atoms with van der Waals surface area (Å²) in [5.41, 5.74) is 12.3. The number of rotatable bonds is 5. The van der Waals surface area contributed by atoms with E-state index >= 15 is 0 Å². The topological polar surface area (TPSA) is 92.3 Å². The van der Waals surface area contributed by atoms with Crippen LogP contribution in [-0.4, -0.2) is 50.0 Å². The monoisotopic (exact) mass is 450 g/mol. The third-order valence-corrected chi connectivity index (χ3v) is 7.81. The number of aromatic amines is 1. The largest absolute Gasteiger partial charge is 0.369 e. The summed E-state index contributed by atoms with van der Waals surface area (Å²) in [6.07, 6.45) is 4.22. The molecule has 0 bridgehead atoms. The molecule has 1 saturated heterocycles. The molecule has 7 nitrogen and oxygen atoms in total. The summed E-state index contributed by atoms with van der Waals surface area (Å²) in [5, 5.41) is 4.54. The predicted molar refractivity (Wildman–Crippen MR) is 129 cm³/mol. The maximum atomic E-state index is 11.2. The number of likely N-dealkylation sites (tertiary alicyclic amines) is 1. The van der Waals surface area contributed by atoms with Crippen LogP contribution < -0.4 is 5.73 Å². The number of aromatic nitrogens is 4. The molecule has 1 amide bonds. The number of nitrogens with zero attached hydrogens (tertiary/aromatic N) is 4. The van der Waals surface area contributed by atoms with Crippen molar-refractivity contribution in [1.29, 1.82) is 0 Å². The predicted octanol–water partition coefficient (Wildman–Crippen LogP) is 4.34. The van der Waals surface area contributed by atoms with Gasteiger partial charge in [0.25, 0.3) is 0 Å². The number of hydrogen-bond donors (Lipinski definition) is 2. The number of carbonyl (C=O) groups is 1. The van der Waals surface area contributed by atoms with E-state index in [-0.39, 0.29) is 5.91 Å². The number of thiophene rings is 1. The highest BCUT2D eigenvalue weighted by molar-refractivity contribution is 7.19. The first-order valence-electron chi connectivity index (χ1n) is 11.3. The molecule has 0 aliphatic carbocycles. The second kappa shape index (κ2) is 8.01. The number of carbonyl (C=O) groups excluding carboxylic acids is 1. The lowest BCUT2D eigenvalue weighted by Crippen LogP contribution is -2.38. The first-order valence-corrected chi connectivity index (χ1v) is 12.1. The molecular formula is C24H30N6OS. The Balaban J connectivity index is 1.49.